The highest BCUT2D eigenvalue weighted by atomic mass is 32.2. The maximum Gasteiger partial charge on any atom is 0.230 e. The fourth-order valence-corrected chi connectivity index (χ4v) is 3.90. The highest BCUT2D eigenvalue weighted by molar-refractivity contribution is 7.99. The molecule has 0 saturated heterocycles. The molecule has 0 atom stereocenters. The standard InChI is InChI=1S/C23H29N5OS/c1-16(2)11-13-25-21(29)15-30-23-27-26-22(18-8-7-12-24-14-18)28(23)20-10-6-5-9-19(20)17(3)4/h5-10,12,14,16-17H,11,13,15H2,1-4H3,(H,25,29). The van der Waals surface area contributed by atoms with Crippen LogP contribution in [0.25, 0.3) is 17.1 Å². The van der Waals surface area contributed by atoms with Crippen molar-refractivity contribution >= 4 is 17.7 Å². The lowest BCUT2D eigenvalue weighted by molar-refractivity contribution is -0.118. The molecule has 3 rings (SSSR count). The number of nitrogens with one attached hydrogen (secondary N) is 1. The lowest BCUT2D eigenvalue weighted by Crippen LogP contribution is -2.27. The Morgan fingerprint density at radius 3 is 2.60 bits per heavy atom. The summed E-state index contributed by atoms with van der Waals surface area (Å²) in [7, 11) is 0. The fraction of sp³-hybridized carbons (Fsp3) is 0.391. The van der Waals surface area contributed by atoms with Crippen LogP contribution in [0.5, 0.6) is 0 Å². The van der Waals surface area contributed by atoms with Crippen molar-refractivity contribution < 1.29 is 4.79 Å². The molecule has 0 bridgehead atoms. The average Bonchev–Trinajstić information content (AvgIpc) is 3.16. The van der Waals surface area contributed by atoms with Crippen LogP contribution in [-0.4, -0.2) is 38.0 Å². The topological polar surface area (TPSA) is 72.7 Å². The first-order valence-electron chi connectivity index (χ1n) is 10.3. The lowest BCUT2D eigenvalue weighted by Gasteiger charge is -2.16. The second-order valence-corrected chi connectivity index (χ2v) is 8.86. The number of carbonyl (C=O) groups excluding carboxylic acids is 1. The Morgan fingerprint density at radius 2 is 1.90 bits per heavy atom. The first-order valence-corrected chi connectivity index (χ1v) is 11.3. The Hall–Kier alpha value is -2.67. The molecular weight excluding hydrogens is 394 g/mol. The zero-order chi connectivity index (χ0) is 21.5. The molecule has 158 valence electrons. The molecular formula is C23H29N5OS. The minimum absolute atomic E-state index is 0.00951. The zero-order valence-electron chi connectivity index (χ0n) is 18.0. The molecule has 0 aliphatic heterocycles. The molecule has 0 fully saturated rings. The van der Waals surface area contributed by atoms with Gasteiger partial charge < -0.3 is 5.32 Å². The van der Waals surface area contributed by atoms with Crippen molar-refractivity contribution in [3.8, 4) is 17.1 Å². The average molecular weight is 424 g/mol. The zero-order valence-corrected chi connectivity index (χ0v) is 18.8. The molecule has 0 unspecified atom stereocenters. The van der Waals surface area contributed by atoms with Gasteiger partial charge in [-0.1, -0.05) is 57.7 Å². The summed E-state index contributed by atoms with van der Waals surface area (Å²) in [6, 6.07) is 12.1. The monoisotopic (exact) mass is 423 g/mol. The summed E-state index contributed by atoms with van der Waals surface area (Å²) >= 11 is 1.40. The van der Waals surface area contributed by atoms with Gasteiger partial charge in [0.1, 0.15) is 0 Å². The van der Waals surface area contributed by atoms with Gasteiger partial charge in [-0.05, 0) is 42.0 Å². The van der Waals surface area contributed by atoms with Crippen LogP contribution in [0.2, 0.25) is 0 Å². The van der Waals surface area contributed by atoms with E-state index in [0.717, 1.165) is 23.5 Å². The van der Waals surface area contributed by atoms with Crippen molar-refractivity contribution in [2.24, 2.45) is 5.92 Å². The Balaban J connectivity index is 1.91. The lowest BCUT2D eigenvalue weighted by atomic mass is 10.0. The molecule has 1 amide bonds. The van der Waals surface area contributed by atoms with Gasteiger partial charge in [0.15, 0.2) is 11.0 Å². The van der Waals surface area contributed by atoms with E-state index in [1.165, 1.54) is 17.3 Å². The second kappa shape index (κ2) is 10.4. The van der Waals surface area contributed by atoms with Crippen LogP contribution < -0.4 is 5.32 Å². The Kier molecular flexibility index (Phi) is 7.63. The highest BCUT2D eigenvalue weighted by Crippen LogP contribution is 2.31. The van der Waals surface area contributed by atoms with Gasteiger partial charge in [-0.25, -0.2) is 0 Å². The predicted molar refractivity (Wildman–Crippen MR) is 122 cm³/mol. The molecule has 1 aromatic carbocycles. The molecule has 0 spiro atoms. The summed E-state index contributed by atoms with van der Waals surface area (Å²) in [4.78, 5) is 16.5. The third-order valence-corrected chi connectivity index (χ3v) is 5.66. The normalized spacial score (nSPS) is 11.3. The fourth-order valence-electron chi connectivity index (χ4n) is 3.12. The number of thioether (sulfide) groups is 1. The van der Waals surface area contributed by atoms with Gasteiger partial charge in [-0.3, -0.25) is 14.3 Å². The summed E-state index contributed by atoms with van der Waals surface area (Å²) in [5, 5.41) is 12.5. The van der Waals surface area contributed by atoms with Gasteiger partial charge in [-0.15, -0.1) is 10.2 Å². The number of hydrogen-bond donors (Lipinski definition) is 1. The van der Waals surface area contributed by atoms with Crippen LogP contribution in [-0.2, 0) is 4.79 Å². The van der Waals surface area contributed by atoms with E-state index in [4.69, 9.17) is 0 Å². The molecule has 0 aliphatic rings. The van der Waals surface area contributed by atoms with E-state index in [9.17, 15) is 4.79 Å². The third kappa shape index (κ3) is 5.48. The number of benzene rings is 1. The van der Waals surface area contributed by atoms with Crippen LogP contribution in [0.4, 0.5) is 0 Å². The van der Waals surface area contributed by atoms with Crippen molar-refractivity contribution in [1.29, 1.82) is 0 Å². The Morgan fingerprint density at radius 1 is 1.10 bits per heavy atom. The van der Waals surface area contributed by atoms with Crippen molar-refractivity contribution in [3.05, 3.63) is 54.4 Å². The molecule has 0 aliphatic carbocycles. The summed E-state index contributed by atoms with van der Waals surface area (Å²) in [5.74, 6) is 1.93. The summed E-state index contributed by atoms with van der Waals surface area (Å²) < 4.78 is 2.04. The molecule has 7 heteroatoms. The molecule has 0 saturated carbocycles. The largest absolute Gasteiger partial charge is 0.355 e. The van der Waals surface area contributed by atoms with Crippen LogP contribution in [0.1, 0.15) is 45.6 Å². The molecule has 30 heavy (non-hydrogen) atoms. The quantitative estimate of drug-likeness (QED) is 0.505. The molecule has 3 aromatic rings. The van der Waals surface area contributed by atoms with Crippen molar-refractivity contribution in [2.45, 2.75) is 45.2 Å². The van der Waals surface area contributed by atoms with E-state index in [0.29, 0.717) is 29.3 Å². The van der Waals surface area contributed by atoms with E-state index >= 15 is 0 Å². The number of aromatic nitrogens is 4. The third-order valence-electron chi connectivity index (χ3n) is 4.73. The molecule has 2 aromatic heterocycles. The smallest absolute Gasteiger partial charge is 0.230 e. The van der Waals surface area contributed by atoms with E-state index in [-0.39, 0.29) is 5.91 Å². The number of carbonyl (C=O) groups is 1. The van der Waals surface area contributed by atoms with Gasteiger partial charge in [0.05, 0.1) is 11.4 Å². The van der Waals surface area contributed by atoms with E-state index in [1.54, 1.807) is 12.4 Å². The minimum atomic E-state index is 0.00951. The maximum absolute atomic E-state index is 12.3. The number of para-hydroxylation sites is 1. The SMILES string of the molecule is CC(C)CCNC(=O)CSc1nnc(-c2cccnc2)n1-c1ccccc1C(C)C. The Labute approximate surface area is 182 Å². The highest BCUT2D eigenvalue weighted by Gasteiger charge is 2.20. The summed E-state index contributed by atoms with van der Waals surface area (Å²) in [6.45, 7) is 9.33. The van der Waals surface area contributed by atoms with Gasteiger partial charge in [-0.2, -0.15) is 0 Å². The second-order valence-electron chi connectivity index (χ2n) is 7.92. The van der Waals surface area contributed by atoms with Crippen LogP contribution in [0.3, 0.4) is 0 Å². The minimum Gasteiger partial charge on any atom is -0.355 e. The van der Waals surface area contributed by atoms with Crippen molar-refractivity contribution in [1.82, 2.24) is 25.1 Å². The van der Waals surface area contributed by atoms with Gasteiger partial charge in [0.25, 0.3) is 0 Å². The van der Waals surface area contributed by atoms with E-state index in [1.807, 2.05) is 28.8 Å². The number of pyridine rings is 1. The van der Waals surface area contributed by atoms with Gasteiger partial charge >= 0.3 is 0 Å². The molecule has 1 N–H and O–H groups in total. The summed E-state index contributed by atoms with van der Waals surface area (Å²) in [5.41, 5.74) is 3.11. The number of amides is 1. The predicted octanol–water partition coefficient (Wildman–Crippen LogP) is 4.71. The maximum atomic E-state index is 12.3. The van der Waals surface area contributed by atoms with Crippen LogP contribution in [0, 0.1) is 5.92 Å². The first-order chi connectivity index (χ1) is 14.5. The number of rotatable bonds is 9. The van der Waals surface area contributed by atoms with Crippen molar-refractivity contribution in [2.75, 3.05) is 12.3 Å². The first kappa shape index (κ1) is 22.0. The van der Waals surface area contributed by atoms with Crippen LogP contribution in [0.15, 0.2) is 53.9 Å². The van der Waals surface area contributed by atoms with Crippen molar-refractivity contribution in [3.63, 3.8) is 0 Å². The van der Waals surface area contributed by atoms with Gasteiger partial charge in [0, 0.05) is 24.5 Å². The summed E-state index contributed by atoms with van der Waals surface area (Å²) in [6.07, 6.45) is 4.49. The molecule has 0 radical (unpaired) electrons. The molecule has 6 nitrogen and oxygen atoms in total. The van der Waals surface area contributed by atoms with E-state index in [2.05, 4.69) is 60.3 Å². The number of nitrogens with zero attached hydrogens (tertiary/aromatic N) is 4. The Bertz CT molecular complexity index is 969. The number of hydrogen-bond acceptors (Lipinski definition) is 5. The molecule has 2 heterocycles. The van der Waals surface area contributed by atoms with Gasteiger partial charge in [0.2, 0.25) is 5.91 Å². The van der Waals surface area contributed by atoms with E-state index < -0.39 is 0 Å². The van der Waals surface area contributed by atoms with Crippen LogP contribution >= 0.6 is 11.8 Å².